The van der Waals surface area contributed by atoms with Crippen molar-refractivity contribution >= 4 is 40.0 Å². The first-order valence-electron chi connectivity index (χ1n) is 12.2. The largest absolute Gasteiger partial charge is 0.361 e. The minimum atomic E-state index is -1.30. The molecule has 3 aromatic carbocycles. The quantitative estimate of drug-likeness (QED) is 0.394. The van der Waals surface area contributed by atoms with Crippen LogP contribution in [0.2, 0.25) is 0 Å². The fraction of sp³-hybridized carbons (Fsp3) is 0.207. The van der Waals surface area contributed by atoms with Crippen LogP contribution in [0.25, 0.3) is 10.9 Å². The second kappa shape index (κ2) is 7.38. The van der Waals surface area contributed by atoms with E-state index in [1.165, 1.54) is 4.90 Å². The smallest absolute Gasteiger partial charge is 0.250 e. The van der Waals surface area contributed by atoms with Gasteiger partial charge in [0.1, 0.15) is 5.54 Å². The number of carbonyl (C=O) groups is 3. The molecule has 4 aromatic rings. The molecule has 1 spiro atoms. The lowest BCUT2D eigenvalue weighted by molar-refractivity contribution is -0.130. The molecule has 4 heterocycles. The van der Waals surface area contributed by atoms with Gasteiger partial charge in [0.05, 0.1) is 17.5 Å². The summed E-state index contributed by atoms with van der Waals surface area (Å²) in [5.41, 5.74) is 3.73. The minimum Gasteiger partial charge on any atom is -0.361 e. The van der Waals surface area contributed by atoms with Gasteiger partial charge in [-0.1, -0.05) is 54.1 Å². The number of benzene rings is 3. The lowest BCUT2D eigenvalue weighted by atomic mass is 9.76. The van der Waals surface area contributed by atoms with Crippen molar-refractivity contribution in [2.45, 2.75) is 24.9 Å². The number of para-hydroxylation sites is 2. The average molecular weight is 477 g/mol. The Morgan fingerprint density at radius 3 is 2.47 bits per heavy atom. The van der Waals surface area contributed by atoms with Gasteiger partial charge in [0.2, 0.25) is 17.7 Å². The van der Waals surface area contributed by atoms with E-state index in [0.717, 1.165) is 27.6 Å². The van der Waals surface area contributed by atoms with Crippen molar-refractivity contribution < 1.29 is 14.4 Å². The van der Waals surface area contributed by atoms with Gasteiger partial charge in [-0.05, 0) is 43.2 Å². The highest BCUT2D eigenvalue weighted by molar-refractivity contribution is 6.25. The lowest BCUT2D eigenvalue weighted by Gasteiger charge is -2.29. The summed E-state index contributed by atoms with van der Waals surface area (Å²) in [6, 6.07) is 22.4. The minimum absolute atomic E-state index is 0.264. The molecule has 2 saturated heterocycles. The van der Waals surface area contributed by atoms with Gasteiger partial charge < -0.3 is 10.3 Å². The molecule has 36 heavy (non-hydrogen) atoms. The summed E-state index contributed by atoms with van der Waals surface area (Å²) in [6.07, 6.45) is 2.46. The summed E-state index contributed by atoms with van der Waals surface area (Å²) >= 11 is 0. The first-order valence-corrected chi connectivity index (χ1v) is 12.2. The zero-order valence-corrected chi connectivity index (χ0v) is 19.6. The summed E-state index contributed by atoms with van der Waals surface area (Å²) in [5.74, 6) is -2.41. The van der Waals surface area contributed by atoms with Crippen LogP contribution in [-0.2, 0) is 26.3 Å². The Balaban J connectivity index is 1.37. The fourth-order valence-electron chi connectivity index (χ4n) is 6.42. The first kappa shape index (κ1) is 21.1. The third-order valence-electron chi connectivity index (χ3n) is 8.03. The van der Waals surface area contributed by atoms with Gasteiger partial charge in [-0.2, -0.15) is 0 Å². The third kappa shape index (κ3) is 2.69. The van der Waals surface area contributed by atoms with Gasteiger partial charge in [-0.15, -0.1) is 0 Å². The van der Waals surface area contributed by atoms with Crippen molar-refractivity contribution in [3.8, 4) is 0 Å². The molecule has 3 amide bonds. The molecule has 1 aromatic heterocycles. The number of nitrogens with zero attached hydrogens (tertiary/aromatic N) is 1. The number of aryl methyl sites for hydroxylation is 1. The van der Waals surface area contributed by atoms with Crippen LogP contribution in [0.1, 0.15) is 16.7 Å². The van der Waals surface area contributed by atoms with E-state index in [9.17, 15) is 14.4 Å². The Labute approximate surface area is 207 Å². The summed E-state index contributed by atoms with van der Waals surface area (Å²) in [7, 11) is 0. The molecule has 7 nitrogen and oxygen atoms in total. The van der Waals surface area contributed by atoms with Gasteiger partial charge >= 0.3 is 0 Å². The Hall–Kier alpha value is -4.23. The standard InChI is InChI=1S/C29H24N4O3/c1-16-10-12-18(13-11-16)33-26(34)24-23(14-17-15-30-21-8-4-2-6-19(17)21)32-29(25(24)27(33)35)20-7-3-5-9-22(20)31-28(29)36/h2-13,15,23-25,30,32H,14H2,1H3,(H,31,36)/t23-,24+,25-,29-/m0/s1. The monoisotopic (exact) mass is 476 g/mol. The van der Waals surface area contributed by atoms with E-state index < -0.39 is 23.4 Å². The van der Waals surface area contributed by atoms with E-state index in [-0.39, 0.29) is 17.7 Å². The molecule has 4 atom stereocenters. The van der Waals surface area contributed by atoms with E-state index in [4.69, 9.17) is 0 Å². The van der Waals surface area contributed by atoms with Crippen LogP contribution in [0.5, 0.6) is 0 Å². The zero-order valence-electron chi connectivity index (χ0n) is 19.6. The van der Waals surface area contributed by atoms with Gasteiger partial charge in [0.15, 0.2) is 0 Å². The zero-order chi connectivity index (χ0) is 24.6. The molecule has 0 aliphatic carbocycles. The van der Waals surface area contributed by atoms with Crippen LogP contribution in [0.15, 0.2) is 79.0 Å². The van der Waals surface area contributed by atoms with Crippen LogP contribution in [0.4, 0.5) is 11.4 Å². The van der Waals surface area contributed by atoms with Gasteiger partial charge in [-0.3, -0.25) is 19.7 Å². The summed E-state index contributed by atoms with van der Waals surface area (Å²) < 4.78 is 0. The van der Waals surface area contributed by atoms with Gasteiger partial charge in [-0.25, -0.2) is 4.90 Å². The van der Waals surface area contributed by atoms with Gasteiger partial charge in [0.25, 0.3) is 0 Å². The van der Waals surface area contributed by atoms with Crippen molar-refractivity contribution in [2.24, 2.45) is 11.8 Å². The maximum atomic E-state index is 14.0. The van der Waals surface area contributed by atoms with Crippen LogP contribution in [-0.4, -0.2) is 28.7 Å². The Bertz CT molecular complexity index is 1570. The number of fused-ring (bicyclic) bond motifs is 5. The highest BCUT2D eigenvalue weighted by atomic mass is 16.2. The number of anilines is 2. The predicted octanol–water partition coefficient (Wildman–Crippen LogP) is 3.64. The number of aromatic nitrogens is 1. The molecule has 178 valence electrons. The Morgan fingerprint density at radius 1 is 0.889 bits per heavy atom. The van der Waals surface area contributed by atoms with Gasteiger partial charge in [0, 0.05) is 34.4 Å². The van der Waals surface area contributed by atoms with Crippen LogP contribution in [0.3, 0.4) is 0 Å². The van der Waals surface area contributed by atoms with E-state index in [1.54, 1.807) is 12.1 Å². The molecule has 3 aliphatic rings. The fourth-order valence-corrected chi connectivity index (χ4v) is 6.42. The molecule has 2 fully saturated rings. The van der Waals surface area contributed by atoms with Crippen molar-refractivity contribution in [1.29, 1.82) is 0 Å². The Morgan fingerprint density at radius 2 is 1.64 bits per heavy atom. The summed E-state index contributed by atoms with van der Waals surface area (Å²) in [6.45, 7) is 1.96. The highest BCUT2D eigenvalue weighted by Crippen LogP contribution is 2.54. The molecular formula is C29H24N4O3. The number of nitrogens with one attached hydrogen (secondary N) is 3. The number of imide groups is 1. The molecule has 0 unspecified atom stereocenters. The SMILES string of the molecule is Cc1ccc(N2C(=O)[C@@H]3[C@H](Cc4c[nH]c5ccccc45)N[C@]4(C(=O)Nc5ccccc54)[C@@H]3C2=O)cc1. The molecule has 3 N–H and O–H groups in total. The molecule has 7 rings (SSSR count). The number of amides is 3. The number of carbonyl (C=O) groups excluding carboxylic acids is 3. The molecule has 7 heteroatoms. The topological polar surface area (TPSA) is 94.3 Å². The summed E-state index contributed by atoms with van der Waals surface area (Å²) in [5, 5.41) is 7.55. The van der Waals surface area contributed by atoms with Crippen molar-refractivity contribution in [1.82, 2.24) is 10.3 Å². The second-order valence-corrected chi connectivity index (χ2v) is 9.97. The first-order chi connectivity index (χ1) is 17.5. The van der Waals surface area contributed by atoms with E-state index in [1.807, 2.05) is 73.8 Å². The van der Waals surface area contributed by atoms with Crippen LogP contribution in [0, 0.1) is 18.8 Å². The molecule has 3 aliphatic heterocycles. The van der Waals surface area contributed by atoms with E-state index >= 15 is 0 Å². The molecule has 0 bridgehead atoms. The Kier molecular flexibility index (Phi) is 4.32. The van der Waals surface area contributed by atoms with Crippen molar-refractivity contribution in [3.05, 3.63) is 95.7 Å². The number of H-pyrrole nitrogens is 1. The predicted molar refractivity (Wildman–Crippen MR) is 136 cm³/mol. The van der Waals surface area contributed by atoms with E-state index in [0.29, 0.717) is 17.8 Å². The van der Waals surface area contributed by atoms with Crippen LogP contribution >= 0.6 is 0 Å². The number of rotatable bonds is 3. The highest BCUT2D eigenvalue weighted by Gasteiger charge is 2.70. The maximum Gasteiger partial charge on any atom is 0.250 e. The summed E-state index contributed by atoms with van der Waals surface area (Å²) in [4.78, 5) is 46.2. The number of hydrogen-bond donors (Lipinski definition) is 3. The molecule has 0 radical (unpaired) electrons. The third-order valence-corrected chi connectivity index (χ3v) is 8.03. The number of hydrogen-bond acceptors (Lipinski definition) is 4. The van der Waals surface area contributed by atoms with E-state index in [2.05, 4.69) is 15.6 Å². The maximum absolute atomic E-state index is 14.0. The lowest BCUT2D eigenvalue weighted by Crippen LogP contribution is -2.53. The van der Waals surface area contributed by atoms with Crippen molar-refractivity contribution in [2.75, 3.05) is 10.2 Å². The second-order valence-electron chi connectivity index (χ2n) is 9.97. The van der Waals surface area contributed by atoms with Crippen LogP contribution < -0.4 is 15.5 Å². The average Bonchev–Trinajstić information content (AvgIpc) is 3.59. The number of aromatic amines is 1. The molecule has 0 saturated carbocycles. The van der Waals surface area contributed by atoms with Crippen molar-refractivity contribution in [3.63, 3.8) is 0 Å². The molecular weight excluding hydrogens is 452 g/mol. The normalized spacial score (nSPS) is 26.6.